The van der Waals surface area contributed by atoms with E-state index in [-0.39, 0.29) is 12.2 Å². The molecular formula is C26H24N4O3. The molecule has 0 spiro atoms. The standard InChI is InChI=1S/C26H24N4O3/c1-16(27)25(17(2)31)20-12-23-26(29-13-20)22(15-30(23)14-21-5-3-4-10-28-21)19-8-6-18(7-9-19)11-24(32)33/h3-10,12-13,15H,11,14,27H2,1-2H3,(H,32,33). The normalized spacial score (nSPS) is 11.9. The SMILES string of the molecule is CC(=O)C(=C(C)N)c1cnc2c(-c3ccc(CC(=O)O)cc3)cn(Cc3ccccn3)c2c1. The summed E-state index contributed by atoms with van der Waals surface area (Å²) in [5, 5.41) is 9.03. The van der Waals surface area contributed by atoms with Crippen LogP contribution >= 0.6 is 0 Å². The van der Waals surface area contributed by atoms with Crippen LogP contribution in [-0.4, -0.2) is 31.4 Å². The molecule has 0 atom stereocenters. The number of nitrogens with two attached hydrogens (primary N) is 1. The average Bonchev–Trinajstić information content (AvgIpc) is 3.12. The van der Waals surface area contributed by atoms with Gasteiger partial charge < -0.3 is 15.4 Å². The minimum absolute atomic E-state index is 0.0259. The molecule has 166 valence electrons. The van der Waals surface area contributed by atoms with Crippen LogP contribution in [0.1, 0.15) is 30.7 Å². The van der Waals surface area contributed by atoms with Crippen LogP contribution in [0.4, 0.5) is 0 Å². The number of carboxylic acids is 1. The number of aromatic nitrogens is 3. The summed E-state index contributed by atoms with van der Waals surface area (Å²) >= 11 is 0. The van der Waals surface area contributed by atoms with E-state index in [1.54, 1.807) is 19.3 Å². The molecule has 3 N–H and O–H groups in total. The maximum atomic E-state index is 12.2. The Hall–Kier alpha value is -4.26. The number of pyridine rings is 2. The summed E-state index contributed by atoms with van der Waals surface area (Å²) in [4.78, 5) is 32.3. The van der Waals surface area contributed by atoms with E-state index in [1.807, 2.05) is 54.7 Å². The molecular weight excluding hydrogens is 416 g/mol. The summed E-state index contributed by atoms with van der Waals surface area (Å²) in [5.41, 5.74) is 12.6. The first-order chi connectivity index (χ1) is 15.8. The molecule has 33 heavy (non-hydrogen) atoms. The van der Waals surface area contributed by atoms with Crippen molar-refractivity contribution >= 4 is 28.4 Å². The highest BCUT2D eigenvalue weighted by atomic mass is 16.4. The molecule has 0 aliphatic rings. The van der Waals surface area contributed by atoms with E-state index in [9.17, 15) is 9.59 Å². The lowest BCUT2D eigenvalue weighted by atomic mass is 10.0. The monoisotopic (exact) mass is 440 g/mol. The first-order valence-electron chi connectivity index (χ1n) is 10.5. The van der Waals surface area contributed by atoms with Gasteiger partial charge in [-0.2, -0.15) is 0 Å². The number of carboxylic acid groups (broad SMARTS) is 1. The number of hydrogen-bond acceptors (Lipinski definition) is 5. The zero-order chi connectivity index (χ0) is 23.5. The number of rotatable bonds is 7. The lowest BCUT2D eigenvalue weighted by Gasteiger charge is -2.09. The van der Waals surface area contributed by atoms with Crippen LogP contribution in [0.3, 0.4) is 0 Å². The molecule has 1 aromatic carbocycles. The van der Waals surface area contributed by atoms with Gasteiger partial charge in [0.05, 0.1) is 29.7 Å². The van der Waals surface area contributed by atoms with E-state index in [0.29, 0.717) is 23.4 Å². The average molecular weight is 441 g/mol. The number of benzene rings is 1. The Bertz CT molecular complexity index is 1370. The third-order valence-electron chi connectivity index (χ3n) is 5.43. The fourth-order valence-electron chi connectivity index (χ4n) is 4.00. The smallest absolute Gasteiger partial charge is 0.307 e. The molecule has 0 aliphatic carbocycles. The van der Waals surface area contributed by atoms with Crippen LogP contribution in [0.15, 0.2) is 72.8 Å². The van der Waals surface area contributed by atoms with Crippen molar-refractivity contribution in [2.24, 2.45) is 5.73 Å². The van der Waals surface area contributed by atoms with Gasteiger partial charge >= 0.3 is 5.97 Å². The van der Waals surface area contributed by atoms with Crippen molar-refractivity contribution in [2.75, 3.05) is 0 Å². The third-order valence-corrected chi connectivity index (χ3v) is 5.43. The van der Waals surface area contributed by atoms with E-state index >= 15 is 0 Å². The molecule has 0 unspecified atom stereocenters. The zero-order valence-electron chi connectivity index (χ0n) is 18.4. The molecule has 0 saturated heterocycles. The molecule has 0 fully saturated rings. The Balaban J connectivity index is 1.86. The van der Waals surface area contributed by atoms with E-state index in [1.165, 1.54) is 6.92 Å². The third kappa shape index (κ3) is 4.67. The highest BCUT2D eigenvalue weighted by Crippen LogP contribution is 2.32. The van der Waals surface area contributed by atoms with E-state index in [4.69, 9.17) is 15.8 Å². The topological polar surface area (TPSA) is 111 Å². The van der Waals surface area contributed by atoms with E-state index in [0.717, 1.165) is 33.4 Å². The highest BCUT2D eigenvalue weighted by Gasteiger charge is 2.17. The molecule has 7 heteroatoms. The number of Topliss-reactive ketones (excluding diaryl/α,β-unsaturated/α-hetero) is 1. The van der Waals surface area contributed by atoms with Crippen molar-refractivity contribution in [3.63, 3.8) is 0 Å². The van der Waals surface area contributed by atoms with Gasteiger partial charge in [-0.1, -0.05) is 30.3 Å². The van der Waals surface area contributed by atoms with Gasteiger partial charge in [0, 0.05) is 41.0 Å². The number of fused-ring (bicyclic) bond motifs is 1. The first kappa shape index (κ1) is 22.0. The minimum Gasteiger partial charge on any atom is -0.481 e. The van der Waals surface area contributed by atoms with Gasteiger partial charge in [0.2, 0.25) is 0 Å². The van der Waals surface area contributed by atoms with Gasteiger partial charge in [-0.25, -0.2) is 0 Å². The summed E-state index contributed by atoms with van der Waals surface area (Å²) < 4.78 is 2.05. The molecule has 4 aromatic rings. The van der Waals surface area contributed by atoms with E-state index < -0.39 is 5.97 Å². The first-order valence-corrected chi connectivity index (χ1v) is 10.5. The van der Waals surface area contributed by atoms with Crippen molar-refractivity contribution < 1.29 is 14.7 Å². The number of carbonyl (C=O) groups excluding carboxylic acids is 1. The van der Waals surface area contributed by atoms with Crippen LogP contribution in [0.25, 0.3) is 27.7 Å². The maximum Gasteiger partial charge on any atom is 0.307 e. The second-order valence-electron chi connectivity index (χ2n) is 7.97. The van der Waals surface area contributed by atoms with Crippen molar-refractivity contribution in [1.29, 1.82) is 0 Å². The Kier molecular flexibility index (Phi) is 6.04. The largest absolute Gasteiger partial charge is 0.481 e. The minimum atomic E-state index is -0.867. The number of aliphatic carboxylic acids is 1. The number of ketones is 1. The number of carbonyl (C=O) groups is 2. The van der Waals surface area contributed by atoms with Crippen molar-refractivity contribution in [3.05, 3.63) is 89.6 Å². The van der Waals surface area contributed by atoms with Gasteiger partial charge in [0.15, 0.2) is 5.78 Å². The van der Waals surface area contributed by atoms with Gasteiger partial charge in [-0.3, -0.25) is 19.6 Å². The van der Waals surface area contributed by atoms with Crippen LogP contribution < -0.4 is 5.73 Å². The second kappa shape index (κ2) is 9.08. The zero-order valence-corrected chi connectivity index (χ0v) is 18.4. The van der Waals surface area contributed by atoms with Gasteiger partial charge in [-0.15, -0.1) is 0 Å². The second-order valence-corrected chi connectivity index (χ2v) is 7.97. The van der Waals surface area contributed by atoms with Crippen LogP contribution in [0, 0.1) is 0 Å². The Morgan fingerprint density at radius 2 is 1.82 bits per heavy atom. The summed E-state index contributed by atoms with van der Waals surface area (Å²) in [5.74, 6) is -0.985. The van der Waals surface area contributed by atoms with Crippen molar-refractivity contribution in [2.45, 2.75) is 26.8 Å². The predicted molar refractivity (Wildman–Crippen MR) is 127 cm³/mol. The van der Waals surface area contributed by atoms with Gasteiger partial charge in [-0.05, 0) is 43.2 Å². The molecule has 0 amide bonds. The number of allylic oxidation sites excluding steroid dienone is 2. The number of nitrogens with zero attached hydrogens (tertiary/aromatic N) is 3. The lowest BCUT2D eigenvalue weighted by molar-refractivity contribution is -0.136. The number of hydrogen-bond donors (Lipinski definition) is 2. The summed E-state index contributed by atoms with van der Waals surface area (Å²) in [6, 6.07) is 15.1. The summed E-state index contributed by atoms with van der Waals surface area (Å²) in [7, 11) is 0. The Morgan fingerprint density at radius 1 is 1.06 bits per heavy atom. The molecule has 3 heterocycles. The highest BCUT2D eigenvalue weighted by molar-refractivity contribution is 6.20. The molecule has 0 saturated carbocycles. The summed E-state index contributed by atoms with van der Waals surface area (Å²) in [6.45, 7) is 3.73. The molecule has 0 radical (unpaired) electrons. The fraction of sp³-hybridized carbons (Fsp3) is 0.154. The van der Waals surface area contributed by atoms with Crippen LogP contribution in [-0.2, 0) is 22.6 Å². The van der Waals surface area contributed by atoms with Crippen molar-refractivity contribution in [1.82, 2.24) is 14.5 Å². The van der Waals surface area contributed by atoms with Gasteiger partial charge in [0.1, 0.15) is 0 Å². The predicted octanol–water partition coefficient (Wildman–Crippen LogP) is 4.05. The molecule has 3 aromatic heterocycles. The van der Waals surface area contributed by atoms with Crippen molar-refractivity contribution in [3.8, 4) is 11.1 Å². The molecule has 0 bridgehead atoms. The Labute approximate surface area is 191 Å². The quantitative estimate of drug-likeness (QED) is 0.419. The summed E-state index contributed by atoms with van der Waals surface area (Å²) in [6.07, 6.45) is 5.40. The van der Waals surface area contributed by atoms with Crippen LogP contribution in [0.5, 0.6) is 0 Å². The molecule has 7 nitrogen and oxygen atoms in total. The van der Waals surface area contributed by atoms with Gasteiger partial charge in [0.25, 0.3) is 0 Å². The van der Waals surface area contributed by atoms with E-state index in [2.05, 4.69) is 9.55 Å². The molecule has 0 aliphatic heterocycles. The van der Waals surface area contributed by atoms with Crippen LogP contribution in [0.2, 0.25) is 0 Å². The maximum absolute atomic E-state index is 12.2. The lowest BCUT2D eigenvalue weighted by Crippen LogP contribution is -2.06. The molecule has 4 rings (SSSR count). The Morgan fingerprint density at radius 3 is 2.42 bits per heavy atom. The fourth-order valence-corrected chi connectivity index (χ4v) is 4.00.